The van der Waals surface area contributed by atoms with Crippen molar-refractivity contribution in [3.05, 3.63) is 46.2 Å². The summed E-state index contributed by atoms with van der Waals surface area (Å²) in [4.78, 5) is 16.0. The van der Waals surface area contributed by atoms with Crippen molar-refractivity contribution < 1.29 is 13.9 Å². The van der Waals surface area contributed by atoms with Crippen molar-refractivity contribution >= 4 is 23.0 Å². The smallest absolute Gasteiger partial charge is 0.335 e. The Morgan fingerprint density at radius 2 is 2.21 bits per heavy atom. The van der Waals surface area contributed by atoms with E-state index in [2.05, 4.69) is 10.3 Å². The molecule has 0 aliphatic heterocycles. The topological polar surface area (TPSA) is 51.2 Å². The summed E-state index contributed by atoms with van der Waals surface area (Å²) in [5.74, 6) is -0.928. The van der Waals surface area contributed by atoms with Gasteiger partial charge in [0.2, 0.25) is 0 Å². The van der Waals surface area contributed by atoms with Gasteiger partial charge in [-0.2, -0.15) is 0 Å². The van der Waals surface area contributed by atoms with Gasteiger partial charge in [-0.15, -0.1) is 11.3 Å². The molecule has 0 aliphatic rings. The molecule has 1 N–H and O–H groups in total. The largest absolute Gasteiger partial charge is 0.467 e. The van der Waals surface area contributed by atoms with Crippen LogP contribution in [0.3, 0.4) is 0 Å². The van der Waals surface area contributed by atoms with Crippen LogP contribution in [0.25, 0.3) is 0 Å². The van der Waals surface area contributed by atoms with Crippen LogP contribution < -0.4 is 5.32 Å². The highest BCUT2D eigenvalue weighted by molar-refractivity contribution is 7.09. The van der Waals surface area contributed by atoms with Gasteiger partial charge in [0, 0.05) is 11.1 Å². The monoisotopic (exact) mass is 280 g/mol. The second-order valence-electron chi connectivity index (χ2n) is 3.91. The van der Waals surface area contributed by atoms with Crippen LogP contribution in [0.5, 0.6) is 0 Å². The Hall–Kier alpha value is -1.95. The third-order valence-corrected chi connectivity index (χ3v) is 3.52. The lowest BCUT2D eigenvalue weighted by Gasteiger charge is -2.15. The summed E-state index contributed by atoms with van der Waals surface area (Å²) in [6, 6.07) is 5.35. The predicted octanol–water partition coefficient (Wildman–Crippen LogP) is 2.92. The molecule has 0 saturated carbocycles. The minimum atomic E-state index is -0.805. The van der Waals surface area contributed by atoms with Crippen LogP contribution in [0.2, 0.25) is 0 Å². The molecule has 1 aromatic heterocycles. The van der Waals surface area contributed by atoms with Crippen molar-refractivity contribution in [2.24, 2.45) is 0 Å². The van der Waals surface area contributed by atoms with Gasteiger partial charge < -0.3 is 10.1 Å². The Kier molecular flexibility index (Phi) is 4.11. The van der Waals surface area contributed by atoms with Crippen molar-refractivity contribution in [2.45, 2.75) is 13.0 Å². The molecule has 1 unspecified atom stereocenters. The molecule has 1 heterocycles. The molecule has 2 aromatic rings. The van der Waals surface area contributed by atoms with Gasteiger partial charge >= 0.3 is 5.97 Å². The first-order valence-corrected chi connectivity index (χ1v) is 6.50. The van der Waals surface area contributed by atoms with E-state index in [0.29, 0.717) is 5.01 Å². The molecule has 19 heavy (non-hydrogen) atoms. The molecule has 0 bridgehead atoms. The Morgan fingerprint density at radius 3 is 2.79 bits per heavy atom. The average Bonchev–Trinajstić information content (AvgIpc) is 2.83. The van der Waals surface area contributed by atoms with Gasteiger partial charge in [0.25, 0.3) is 0 Å². The van der Waals surface area contributed by atoms with Gasteiger partial charge in [-0.3, -0.25) is 0 Å². The molecular formula is C13H13FN2O2S. The lowest BCUT2D eigenvalue weighted by molar-refractivity contribution is -0.141. The number of anilines is 1. The second kappa shape index (κ2) is 5.79. The van der Waals surface area contributed by atoms with E-state index in [9.17, 15) is 9.18 Å². The number of carbonyl (C=O) groups excluding carboxylic acids is 1. The number of esters is 1. The van der Waals surface area contributed by atoms with Gasteiger partial charge in [-0.25, -0.2) is 14.2 Å². The summed E-state index contributed by atoms with van der Waals surface area (Å²) in [7, 11) is 1.29. The molecule has 0 amide bonds. The quantitative estimate of drug-likeness (QED) is 0.875. The molecular weight excluding hydrogens is 267 g/mol. The zero-order valence-electron chi connectivity index (χ0n) is 10.5. The van der Waals surface area contributed by atoms with Crippen molar-refractivity contribution in [3.63, 3.8) is 0 Å². The standard InChI is InChI=1S/C13H13FN2O2S/c1-8-7-19-12(15-8)11(13(17)18-2)16-10-6-4-3-5-9(10)14/h3-7,11,16H,1-2H3. The van der Waals surface area contributed by atoms with E-state index in [1.54, 1.807) is 18.2 Å². The lowest BCUT2D eigenvalue weighted by Crippen LogP contribution is -2.22. The maximum Gasteiger partial charge on any atom is 0.335 e. The molecule has 0 spiro atoms. The summed E-state index contributed by atoms with van der Waals surface area (Å²) in [5, 5.41) is 5.20. The summed E-state index contributed by atoms with van der Waals surface area (Å²) in [5.41, 5.74) is 1.05. The highest BCUT2D eigenvalue weighted by Crippen LogP contribution is 2.25. The zero-order chi connectivity index (χ0) is 13.8. The minimum absolute atomic E-state index is 0.241. The molecule has 100 valence electrons. The van der Waals surface area contributed by atoms with Crippen LogP contribution in [0.15, 0.2) is 29.6 Å². The molecule has 0 aliphatic carbocycles. The number of benzene rings is 1. The first-order chi connectivity index (χ1) is 9.11. The maximum atomic E-state index is 13.6. The number of aryl methyl sites for hydroxylation is 1. The van der Waals surface area contributed by atoms with Crippen molar-refractivity contribution in [3.8, 4) is 0 Å². The van der Waals surface area contributed by atoms with E-state index < -0.39 is 17.8 Å². The second-order valence-corrected chi connectivity index (χ2v) is 4.80. The number of halogens is 1. The van der Waals surface area contributed by atoms with Gasteiger partial charge in [0.1, 0.15) is 10.8 Å². The molecule has 1 aromatic carbocycles. The number of hydrogen-bond donors (Lipinski definition) is 1. The first kappa shape index (κ1) is 13.5. The van der Waals surface area contributed by atoms with E-state index in [0.717, 1.165) is 5.69 Å². The summed E-state index contributed by atoms with van der Waals surface area (Å²) in [6.45, 7) is 1.83. The molecule has 1 atom stereocenters. The fraction of sp³-hybridized carbons (Fsp3) is 0.231. The van der Waals surface area contributed by atoms with E-state index in [1.807, 2.05) is 12.3 Å². The molecule has 4 nitrogen and oxygen atoms in total. The number of aromatic nitrogens is 1. The van der Waals surface area contributed by atoms with E-state index >= 15 is 0 Å². The van der Waals surface area contributed by atoms with Crippen LogP contribution in [-0.4, -0.2) is 18.1 Å². The fourth-order valence-electron chi connectivity index (χ4n) is 1.58. The predicted molar refractivity (Wildman–Crippen MR) is 71.6 cm³/mol. The van der Waals surface area contributed by atoms with E-state index in [-0.39, 0.29) is 5.69 Å². The Bertz CT molecular complexity index is 586. The Labute approximate surface area is 114 Å². The highest BCUT2D eigenvalue weighted by atomic mass is 32.1. The van der Waals surface area contributed by atoms with Crippen molar-refractivity contribution in [2.75, 3.05) is 12.4 Å². The molecule has 2 rings (SSSR count). The van der Waals surface area contributed by atoms with Gasteiger partial charge in [-0.05, 0) is 19.1 Å². The Balaban J connectivity index is 2.29. The third-order valence-electron chi connectivity index (χ3n) is 2.49. The number of nitrogens with zero attached hydrogens (tertiary/aromatic N) is 1. The number of thiazole rings is 1. The normalized spacial score (nSPS) is 11.9. The molecule has 0 fully saturated rings. The SMILES string of the molecule is COC(=O)C(Nc1ccccc1F)c1nc(C)cs1. The number of methoxy groups -OCH3 is 1. The number of ether oxygens (including phenoxy) is 1. The van der Waals surface area contributed by atoms with E-state index in [1.165, 1.54) is 24.5 Å². The van der Waals surface area contributed by atoms with Crippen LogP contribution in [0.1, 0.15) is 16.7 Å². The minimum Gasteiger partial charge on any atom is -0.467 e. The number of rotatable bonds is 4. The highest BCUT2D eigenvalue weighted by Gasteiger charge is 2.25. The van der Waals surface area contributed by atoms with Crippen molar-refractivity contribution in [1.82, 2.24) is 4.98 Å². The zero-order valence-corrected chi connectivity index (χ0v) is 11.3. The van der Waals surface area contributed by atoms with Crippen molar-refractivity contribution in [1.29, 1.82) is 0 Å². The Morgan fingerprint density at radius 1 is 1.47 bits per heavy atom. The molecule has 6 heteroatoms. The summed E-state index contributed by atoms with van der Waals surface area (Å²) >= 11 is 1.33. The van der Waals surface area contributed by atoms with Crippen LogP contribution >= 0.6 is 11.3 Å². The van der Waals surface area contributed by atoms with E-state index in [4.69, 9.17) is 4.74 Å². The third kappa shape index (κ3) is 3.08. The molecule has 0 radical (unpaired) electrons. The summed E-state index contributed by atoms with van der Waals surface area (Å²) in [6.07, 6.45) is 0. The molecule has 0 saturated heterocycles. The van der Waals surface area contributed by atoms with Gasteiger partial charge in [0.05, 0.1) is 12.8 Å². The number of nitrogens with one attached hydrogen (secondary N) is 1. The number of para-hydroxylation sites is 1. The number of hydrogen-bond acceptors (Lipinski definition) is 5. The van der Waals surface area contributed by atoms with Crippen LogP contribution in [-0.2, 0) is 9.53 Å². The van der Waals surface area contributed by atoms with Crippen LogP contribution in [0.4, 0.5) is 10.1 Å². The average molecular weight is 280 g/mol. The maximum absolute atomic E-state index is 13.6. The summed E-state index contributed by atoms with van der Waals surface area (Å²) < 4.78 is 18.3. The first-order valence-electron chi connectivity index (χ1n) is 5.62. The number of carbonyl (C=O) groups is 1. The lowest BCUT2D eigenvalue weighted by atomic mass is 10.2. The van der Waals surface area contributed by atoms with Gasteiger partial charge in [-0.1, -0.05) is 12.1 Å². The fourth-order valence-corrected chi connectivity index (χ4v) is 2.41. The van der Waals surface area contributed by atoms with Crippen LogP contribution in [0, 0.1) is 12.7 Å². The van der Waals surface area contributed by atoms with Gasteiger partial charge in [0.15, 0.2) is 6.04 Å².